The lowest BCUT2D eigenvalue weighted by Crippen LogP contribution is -2.44. The van der Waals surface area contributed by atoms with Crippen molar-refractivity contribution in [2.24, 2.45) is 4.99 Å². The summed E-state index contributed by atoms with van der Waals surface area (Å²) in [4.78, 5) is 37.0. The van der Waals surface area contributed by atoms with Crippen molar-refractivity contribution in [3.8, 4) is 0 Å². The Balaban J connectivity index is 1.37. The molecule has 1 aromatic heterocycles. The van der Waals surface area contributed by atoms with Gasteiger partial charge in [-0.2, -0.15) is 4.99 Å². The number of benzene rings is 1. The van der Waals surface area contributed by atoms with Crippen LogP contribution in [0, 0.1) is 0 Å². The van der Waals surface area contributed by atoms with Crippen molar-refractivity contribution in [3.63, 3.8) is 0 Å². The molecule has 4 heterocycles. The van der Waals surface area contributed by atoms with Gasteiger partial charge in [0.1, 0.15) is 10.8 Å². The number of aromatic nitrogens is 1. The minimum absolute atomic E-state index is 0.0293. The topological polar surface area (TPSA) is 81.1 Å². The number of amides is 1. The second-order valence-electron chi connectivity index (χ2n) is 11.4. The smallest absolute Gasteiger partial charge is 0.339 e. The molecule has 38 heavy (non-hydrogen) atoms. The Hall–Kier alpha value is -2.46. The van der Waals surface area contributed by atoms with Gasteiger partial charge < -0.3 is 14.1 Å². The van der Waals surface area contributed by atoms with Gasteiger partial charge in [0.2, 0.25) is 0 Å². The Morgan fingerprint density at radius 1 is 1.16 bits per heavy atom. The standard InChI is InChI=1S/C28H32ClN3O4SSi/c1-27(2,3)38(4,5)35-17-20(18-10-11-22(29)30-16-18)23-24(33)31-26(37-23)32-14-12-28(13-15-32)21-9-7-6-8-19(21)25(34)36-28/h6-11,16H,12-15,17H2,1-5H3/b23-20+. The monoisotopic (exact) mass is 569 g/mol. The van der Waals surface area contributed by atoms with E-state index in [1.807, 2.05) is 30.3 Å². The molecule has 0 unspecified atom stereocenters. The van der Waals surface area contributed by atoms with Crippen molar-refractivity contribution in [3.05, 3.63) is 69.3 Å². The first-order valence-corrected chi connectivity index (χ1v) is 16.9. The number of ether oxygens (including phenoxy) is 1. The molecular formula is C28H32ClN3O4SSi. The Morgan fingerprint density at radius 2 is 1.87 bits per heavy atom. The molecule has 0 atom stereocenters. The number of likely N-dealkylation sites (tertiary alicyclic amines) is 1. The summed E-state index contributed by atoms with van der Waals surface area (Å²) in [5.41, 5.74) is 2.58. The van der Waals surface area contributed by atoms with E-state index in [1.165, 1.54) is 11.8 Å². The van der Waals surface area contributed by atoms with Gasteiger partial charge in [0.25, 0.3) is 5.91 Å². The average Bonchev–Trinajstić information content (AvgIpc) is 3.38. The van der Waals surface area contributed by atoms with Crippen LogP contribution in [-0.2, 0) is 19.6 Å². The Bertz CT molecular complexity index is 1340. The maximum Gasteiger partial charge on any atom is 0.339 e. The molecule has 3 aliphatic heterocycles. The maximum atomic E-state index is 13.2. The number of aliphatic imine (C=N–C) groups is 1. The van der Waals surface area contributed by atoms with Gasteiger partial charge in [0, 0.05) is 43.3 Å². The lowest BCUT2D eigenvalue weighted by molar-refractivity contribution is -0.113. The van der Waals surface area contributed by atoms with Gasteiger partial charge in [-0.15, -0.1) is 0 Å². The van der Waals surface area contributed by atoms with Crippen LogP contribution in [0.1, 0.15) is 55.1 Å². The lowest BCUT2D eigenvalue weighted by atomic mass is 9.84. The summed E-state index contributed by atoms with van der Waals surface area (Å²) in [6.07, 6.45) is 2.97. The molecule has 0 saturated carbocycles. The zero-order chi connectivity index (χ0) is 27.3. The minimum atomic E-state index is -2.08. The number of pyridine rings is 1. The van der Waals surface area contributed by atoms with Gasteiger partial charge in [0.05, 0.1) is 17.1 Å². The third-order valence-electron chi connectivity index (χ3n) is 8.09. The molecule has 200 valence electrons. The average molecular weight is 570 g/mol. The number of carbonyl (C=O) groups is 2. The van der Waals surface area contributed by atoms with Gasteiger partial charge in [-0.3, -0.25) is 4.79 Å². The lowest BCUT2D eigenvalue weighted by Gasteiger charge is -2.39. The zero-order valence-corrected chi connectivity index (χ0v) is 24.9. The van der Waals surface area contributed by atoms with Crippen LogP contribution in [-0.4, -0.2) is 54.9 Å². The number of carbonyl (C=O) groups excluding carboxylic acids is 2. The van der Waals surface area contributed by atoms with Gasteiger partial charge in [-0.1, -0.05) is 50.6 Å². The first-order valence-electron chi connectivity index (χ1n) is 12.8. The van der Waals surface area contributed by atoms with Gasteiger partial charge in [0.15, 0.2) is 13.5 Å². The number of hydrogen-bond acceptors (Lipinski definition) is 7. The number of hydrogen-bond donors (Lipinski definition) is 0. The van der Waals surface area contributed by atoms with E-state index in [9.17, 15) is 9.59 Å². The van der Waals surface area contributed by atoms with Crippen LogP contribution in [0.5, 0.6) is 0 Å². The molecular weight excluding hydrogens is 538 g/mol. The normalized spacial score (nSPS) is 20.5. The van der Waals surface area contributed by atoms with E-state index < -0.39 is 13.9 Å². The molecule has 10 heteroatoms. The van der Waals surface area contributed by atoms with Crippen molar-refractivity contribution < 1.29 is 18.8 Å². The van der Waals surface area contributed by atoms with Crippen molar-refractivity contribution in [1.29, 1.82) is 0 Å². The summed E-state index contributed by atoms with van der Waals surface area (Å²) in [5.74, 6) is -0.531. The number of piperidine rings is 1. The molecule has 1 aromatic carbocycles. The summed E-state index contributed by atoms with van der Waals surface area (Å²) in [6.45, 7) is 12.5. The molecule has 5 rings (SSSR count). The highest BCUT2D eigenvalue weighted by Crippen LogP contribution is 2.45. The largest absolute Gasteiger partial charge is 0.450 e. The van der Waals surface area contributed by atoms with Crippen LogP contribution in [0.4, 0.5) is 0 Å². The van der Waals surface area contributed by atoms with Gasteiger partial charge in [-0.05, 0) is 53.7 Å². The molecule has 1 fully saturated rings. The fourth-order valence-electron chi connectivity index (χ4n) is 4.70. The summed E-state index contributed by atoms with van der Waals surface area (Å²) in [5, 5.41) is 1.09. The van der Waals surface area contributed by atoms with Crippen LogP contribution in [0.3, 0.4) is 0 Å². The van der Waals surface area contributed by atoms with Crippen molar-refractivity contribution in [1.82, 2.24) is 9.88 Å². The molecule has 1 amide bonds. The molecule has 3 aliphatic rings. The number of thioether (sulfide) groups is 1. The van der Waals surface area contributed by atoms with E-state index in [0.29, 0.717) is 53.3 Å². The Kier molecular flexibility index (Phi) is 7.09. The fraction of sp³-hybridized carbons (Fsp3) is 0.429. The van der Waals surface area contributed by atoms with E-state index in [-0.39, 0.29) is 16.9 Å². The van der Waals surface area contributed by atoms with E-state index >= 15 is 0 Å². The van der Waals surface area contributed by atoms with E-state index in [2.05, 4.69) is 48.7 Å². The van der Waals surface area contributed by atoms with E-state index in [4.69, 9.17) is 20.8 Å². The molecule has 0 radical (unpaired) electrons. The third kappa shape index (κ3) is 4.97. The first kappa shape index (κ1) is 27.1. The number of nitrogens with zero attached hydrogens (tertiary/aromatic N) is 3. The van der Waals surface area contributed by atoms with Crippen LogP contribution < -0.4 is 0 Å². The summed E-state index contributed by atoms with van der Waals surface area (Å²) < 4.78 is 12.4. The second-order valence-corrected chi connectivity index (χ2v) is 17.6. The van der Waals surface area contributed by atoms with Crippen molar-refractivity contribution in [2.45, 2.75) is 57.3 Å². The Morgan fingerprint density at radius 3 is 2.53 bits per heavy atom. The van der Waals surface area contributed by atoms with Crippen molar-refractivity contribution in [2.75, 3.05) is 19.7 Å². The molecule has 2 aromatic rings. The summed E-state index contributed by atoms with van der Waals surface area (Å²) >= 11 is 7.43. The predicted octanol–water partition coefficient (Wildman–Crippen LogP) is 6.26. The SMILES string of the molecule is CC(C)(C)[Si](C)(C)OC/C(=C1\SC(N2CCC3(CC2)OC(=O)c2ccccc23)=NC1=O)c1ccc(Cl)nc1. The van der Waals surface area contributed by atoms with Gasteiger partial charge in [-0.25, -0.2) is 9.78 Å². The third-order valence-corrected chi connectivity index (χ3v) is 13.9. The van der Waals surface area contributed by atoms with Crippen LogP contribution >= 0.6 is 23.4 Å². The number of esters is 1. The molecule has 1 saturated heterocycles. The van der Waals surface area contributed by atoms with Crippen LogP contribution in [0.2, 0.25) is 23.3 Å². The highest BCUT2D eigenvalue weighted by molar-refractivity contribution is 8.18. The number of amidine groups is 1. The quantitative estimate of drug-likeness (QED) is 0.186. The highest BCUT2D eigenvalue weighted by atomic mass is 35.5. The minimum Gasteiger partial charge on any atom is -0.450 e. The second kappa shape index (κ2) is 9.93. The van der Waals surface area contributed by atoms with Crippen LogP contribution in [0.15, 0.2) is 52.5 Å². The molecule has 0 bridgehead atoms. The summed E-state index contributed by atoms with van der Waals surface area (Å²) in [6, 6.07) is 11.2. The number of fused-ring (bicyclic) bond motifs is 2. The fourth-order valence-corrected chi connectivity index (χ4v) is 6.81. The van der Waals surface area contributed by atoms with E-state index in [0.717, 1.165) is 16.7 Å². The highest BCUT2D eigenvalue weighted by Gasteiger charge is 2.48. The summed E-state index contributed by atoms with van der Waals surface area (Å²) in [7, 11) is -2.08. The van der Waals surface area contributed by atoms with Crippen molar-refractivity contribution >= 4 is 54.3 Å². The molecule has 7 nitrogen and oxygen atoms in total. The molecule has 0 N–H and O–H groups in total. The predicted molar refractivity (Wildman–Crippen MR) is 154 cm³/mol. The molecule has 1 spiro atoms. The zero-order valence-electron chi connectivity index (χ0n) is 22.3. The number of halogens is 1. The maximum absolute atomic E-state index is 13.2. The van der Waals surface area contributed by atoms with Gasteiger partial charge >= 0.3 is 5.97 Å². The van der Waals surface area contributed by atoms with E-state index in [1.54, 1.807) is 12.3 Å². The number of rotatable bonds is 4. The Labute approximate surface area is 233 Å². The molecule has 0 aliphatic carbocycles. The van der Waals surface area contributed by atoms with Crippen LogP contribution in [0.25, 0.3) is 5.57 Å². The first-order chi connectivity index (χ1) is 17.9.